The number of nitrogens with one attached hydrogen (secondary N) is 1. The number of para-hydroxylation sites is 1. The lowest BCUT2D eigenvalue weighted by Crippen LogP contribution is -2.14. The topological polar surface area (TPSA) is 76.9 Å². The summed E-state index contributed by atoms with van der Waals surface area (Å²) in [6.45, 7) is 0. The van der Waals surface area contributed by atoms with Crippen LogP contribution in [0.1, 0.15) is 0 Å². The molecule has 0 aliphatic rings. The molecule has 0 unspecified atom stereocenters. The number of sulfonamides is 1. The maximum Gasteiger partial charge on any atom is 0.263 e. The Morgan fingerprint density at radius 2 is 1.88 bits per heavy atom. The lowest BCUT2D eigenvalue weighted by atomic mass is 10.2. The van der Waals surface area contributed by atoms with E-state index in [9.17, 15) is 8.42 Å². The van der Waals surface area contributed by atoms with E-state index in [-0.39, 0.29) is 14.9 Å². The van der Waals surface area contributed by atoms with Gasteiger partial charge >= 0.3 is 0 Å². The third kappa shape index (κ3) is 3.24. The minimum atomic E-state index is -3.92. The fraction of sp³-hybridized carbons (Fsp3) is 0.0667. The molecule has 0 radical (unpaired) electrons. The van der Waals surface area contributed by atoms with Crippen LogP contribution in [0, 0.1) is 0 Å². The first-order valence-electron chi connectivity index (χ1n) is 6.80. The van der Waals surface area contributed by atoms with Gasteiger partial charge in [-0.05, 0) is 30.3 Å². The van der Waals surface area contributed by atoms with Gasteiger partial charge in [-0.15, -0.1) is 10.2 Å². The molecular formula is C15H12Cl2N4O2S. The molecule has 24 heavy (non-hydrogen) atoms. The van der Waals surface area contributed by atoms with Crippen molar-refractivity contribution in [2.24, 2.45) is 7.05 Å². The summed E-state index contributed by atoms with van der Waals surface area (Å²) in [6, 6.07) is 11.2. The first-order chi connectivity index (χ1) is 11.4. The van der Waals surface area contributed by atoms with Crippen molar-refractivity contribution in [2.75, 3.05) is 4.72 Å². The number of hydrogen-bond acceptors (Lipinski definition) is 4. The second-order valence-electron chi connectivity index (χ2n) is 4.99. The fourth-order valence-electron chi connectivity index (χ4n) is 2.18. The second kappa shape index (κ2) is 6.43. The molecule has 0 saturated heterocycles. The Balaban J connectivity index is 2.06. The Morgan fingerprint density at radius 1 is 1.12 bits per heavy atom. The van der Waals surface area contributed by atoms with Crippen molar-refractivity contribution in [1.29, 1.82) is 0 Å². The van der Waals surface area contributed by atoms with Crippen LogP contribution in [-0.4, -0.2) is 23.2 Å². The summed E-state index contributed by atoms with van der Waals surface area (Å²) in [5.74, 6) is 0.533. The third-order valence-electron chi connectivity index (χ3n) is 3.31. The van der Waals surface area contributed by atoms with Crippen molar-refractivity contribution in [2.45, 2.75) is 4.90 Å². The quantitative estimate of drug-likeness (QED) is 0.747. The van der Waals surface area contributed by atoms with Gasteiger partial charge in [0, 0.05) is 17.6 Å². The van der Waals surface area contributed by atoms with Gasteiger partial charge in [-0.25, -0.2) is 8.42 Å². The molecule has 0 aliphatic heterocycles. The molecule has 1 N–H and O–H groups in total. The van der Waals surface area contributed by atoms with E-state index in [1.165, 1.54) is 24.5 Å². The second-order valence-corrected chi connectivity index (χ2v) is 7.49. The van der Waals surface area contributed by atoms with Crippen molar-refractivity contribution in [3.8, 4) is 11.4 Å². The van der Waals surface area contributed by atoms with Crippen LogP contribution in [0.4, 0.5) is 5.69 Å². The maximum absolute atomic E-state index is 12.7. The predicted octanol–water partition coefficient (Wildman–Crippen LogP) is 3.59. The van der Waals surface area contributed by atoms with Gasteiger partial charge in [-0.1, -0.05) is 35.3 Å². The highest BCUT2D eigenvalue weighted by Gasteiger charge is 2.21. The molecule has 0 aliphatic carbocycles. The fourth-order valence-corrected chi connectivity index (χ4v) is 4.02. The van der Waals surface area contributed by atoms with Crippen LogP contribution in [0.3, 0.4) is 0 Å². The highest BCUT2D eigenvalue weighted by molar-refractivity contribution is 7.92. The number of halogens is 2. The van der Waals surface area contributed by atoms with Crippen LogP contribution < -0.4 is 4.72 Å². The van der Waals surface area contributed by atoms with Crippen molar-refractivity contribution in [3.05, 3.63) is 58.8 Å². The minimum Gasteiger partial charge on any atom is -0.317 e. The number of benzene rings is 2. The molecule has 3 rings (SSSR count). The molecule has 124 valence electrons. The van der Waals surface area contributed by atoms with Crippen LogP contribution in [0.2, 0.25) is 10.0 Å². The number of rotatable bonds is 4. The monoisotopic (exact) mass is 382 g/mol. The van der Waals surface area contributed by atoms with E-state index in [0.717, 1.165) is 0 Å². The van der Waals surface area contributed by atoms with Crippen molar-refractivity contribution in [3.63, 3.8) is 0 Å². The lowest BCUT2D eigenvalue weighted by molar-refractivity contribution is 0.601. The van der Waals surface area contributed by atoms with Crippen LogP contribution >= 0.6 is 23.2 Å². The molecule has 0 amide bonds. The SMILES string of the molecule is Cn1cnnc1-c1ccccc1NS(=O)(=O)c1cc(Cl)ccc1Cl. The summed E-state index contributed by atoms with van der Waals surface area (Å²) in [6.07, 6.45) is 1.54. The van der Waals surface area contributed by atoms with Gasteiger partial charge in [0.15, 0.2) is 5.82 Å². The largest absolute Gasteiger partial charge is 0.317 e. The molecular weight excluding hydrogens is 371 g/mol. The standard InChI is InChI=1S/C15H12Cl2N4O2S/c1-21-9-18-19-15(21)11-4-2-3-5-13(11)20-24(22,23)14-8-10(16)6-7-12(14)17/h2-9,20H,1H3. The number of nitrogens with zero attached hydrogens (tertiary/aromatic N) is 3. The highest BCUT2D eigenvalue weighted by Crippen LogP contribution is 2.30. The van der Waals surface area contributed by atoms with E-state index in [2.05, 4.69) is 14.9 Å². The average Bonchev–Trinajstić information content (AvgIpc) is 2.96. The summed E-state index contributed by atoms with van der Waals surface area (Å²) in [7, 11) is -2.14. The number of aryl methyl sites for hydroxylation is 1. The van der Waals surface area contributed by atoms with Crippen molar-refractivity contribution in [1.82, 2.24) is 14.8 Å². The Morgan fingerprint density at radius 3 is 2.58 bits per heavy atom. The van der Waals surface area contributed by atoms with Gasteiger partial charge in [0.1, 0.15) is 11.2 Å². The number of aromatic nitrogens is 3. The van der Waals surface area contributed by atoms with Gasteiger partial charge in [-0.2, -0.15) is 0 Å². The minimum absolute atomic E-state index is 0.0861. The molecule has 3 aromatic rings. The summed E-state index contributed by atoms with van der Waals surface area (Å²) in [5.41, 5.74) is 0.962. The van der Waals surface area contributed by atoms with Gasteiger partial charge in [-0.3, -0.25) is 4.72 Å². The zero-order valence-electron chi connectivity index (χ0n) is 12.4. The Bertz CT molecular complexity index is 1000. The highest BCUT2D eigenvalue weighted by atomic mass is 35.5. The molecule has 2 aromatic carbocycles. The lowest BCUT2D eigenvalue weighted by Gasteiger charge is -2.13. The molecule has 0 bridgehead atoms. The van der Waals surface area contributed by atoms with E-state index in [1.54, 1.807) is 35.9 Å². The van der Waals surface area contributed by atoms with E-state index >= 15 is 0 Å². The van der Waals surface area contributed by atoms with Crippen LogP contribution in [0.15, 0.2) is 53.7 Å². The molecule has 9 heteroatoms. The summed E-state index contributed by atoms with van der Waals surface area (Å²) in [4.78, 5) is -0.0931. The number of hydrogen-bond donors (Lipinski definition) is 1. The first kappa shape index (κ1) is 16.8. The van der Waals surface area contributed by atoms with Crippen LogP contribution in [0.5, 0.6) is 0 Å². The molecule has 6 nitrogen and oxygen atoms in total. The first-order valence-corrected chi connectivity index (χ1v) is 9.03. The van der Waals surface area contributed by atoms with Gasteiger partial charge in [0.25, 0.3) is 10.0 Å². The van der Waals surface area contributed by atoms with Crippen LogP contribution in [-0.2, 0) is 17.1 Å². The van der Waals surface area contributed by atoms with E-state index in [1.807, 2.05) is 0 Å². The van der Waals surface area contributed by atoms with E-state index in [0.29, 0.717) is 17.1 Å². The zero-order valence-corrected chi connectivity index (χ0v) is 14.8. The average molecular weight is 383 g/mol. The summed E-state index contributed by atoms with van der Waals surface area (Å²) in [5, 5.41) is 8.19. The number of anilines is 1. The van der Waals surface area contributed by atoms with Crippen molar-refractivity contribution >= 4 is 38.9 Å². The predicted molar refractivity (Wildman–Crippen MR) is 93.7 cm³/mol. The zero-order chi connectivity index (χ0) is 17.3. The summed E-state index contributed by atoms with van der Waals surface area (Å²) >= 11 is 11.9. The van der Waals surface area contributed by atoms with Crippen molar-refractivity contribution < 1.29 is 8.42 Å². The van der Waals surface area contributed by atoms with Gasteiger partial charge < -0.3 is 4.57 Å². The smallest absolute Gasteiger partial charge is 0.263 e. The Kier molecular flexibility index (Phi) is 4.49. The third-order valence-corrected chi connectivity index (χ3v) is 5.39. The Hall–Kier alpha value is -2.09. The van der Waals surface area contributed by atoms with Gasteiger partial charge in [0.05, 0.1) is 10.7 Å². The molecule has 0 fully saturated rings. The molecule has 0 spiro atoms. The summed E-state index contributed by atoms with van der Waals surface area (Å²) < 4.78 is 29.6. The molecule has 1 aromatic heterocycles. The van der Waals surface area contributed by atoms with Crippen LogP contribution in [0.25, 0.3) is 11.4 Å². The van der Waals surface area contributed by atoms with E-state index in [4.69, 9.17) is 23.2 Å². The van der Waals surface area contributed by atoms with Gasteiger partial charge in [0.2, 0.25) is 0 Å². The normalized spacial score (nSPS) is 11.5. The van der Waals surface area contributed by atoms with E-state index < -0.39 is 10.0 Å². The molecule has 1 heterocycles. The Labute approximate surface area is 149 Å². The molecule has 0 atom stereocenters. The maximum atomic E-state index is 12.7. The molecule has 0 saturated carbocycles.